The van der Waals surface area contributed by atoms with Crippen LogP contribution in [0.25, 0.3) is 5.69 Å². The van der Waals surface area contributed by atoms with E-state index in [2.05, 4.69) is 22.6 Å². The standard InChI is InChI=1S/C14H12INO3/c1-8-6-13(17)10(14(18)19)7-16(8)12-5-3-4-11(15)9(12)2/h3-7H,1-2H3,(H,18,19). The van der Waals surface area contributed by atoms with Crippen molar-refractivity contribution in [3.05, 3.63) is 61.1 Å². The third kappa shape index (κ3) is 2.56. The molecule has 1 heterocycles. The Morgan fingerprint density at radius 3 is 2.63 bits per heavy atom. The lowest BCUT2D eigenvalue weighted by Gasteiger charge is -2.15. The van der Waals surface area contributed by atoms with E-state index < -0.39 is 11.4 Å². The fraction of sp³-hybridized carbons (Fsp3) is 0.143. The molecule has 0 unspecified atom stereocenters. The third-order valence-electron chi connectivity index (χ3n) is 2.97. The molecule has 98 valence electrons. The van der Waals surface area contributed by atoms with Crippen LogP contribution in [0, 0.1) is 17.4 Å². The smallest absolute Gasteiger partial charge is 0.341 e. The van der Waals surface area contributed by atoms with Crippen LogP contribution in [0.1, 0.15) is 21.6 Å². The van der Waals surface area contributed by atoms with Gasteiger partial charge in [-0.05, 0) is 54.1 Å². The lowest BCUT2D eigenvalue weighted by molar-refractivity contribution is 0.0695. The SMILES string of the molecule is Cc1c(I)cccc1-n1cc(C(=O)O)c(=O)cc1C. The summed E-state index contributed by atoms with van der Waals surface area (Å²) in [5.74, 6) is -1.21. The van der Waals surface area contributed by atoms with Gasteiger partial charge in [0.15, 0.2) is 5.43 Å². The summed E-state index contributed by atoms with van der Waals surface area (Å²) in [6.07, 6.45) is 1.39. The lowest BCUT2D eigenvalue weighted by atomic mass is 10.1. The molecule has 4 nitrogen and oxygen atoms in total. The van der Waals surface area contributed by atoms with Crippen LogP contribution in [0.4, 0.5) is 0 Å². The predicted molar refractivity (Wildman–Crippen MR) is 81.2 cm³/mol. The van der Waals surface area contributed by atoms with E-state index in [0.717, 1.165) is 14.8 Å². The third-order valence-corrected chi connectivity index (χ3v) is 4.14. The highest BCUT2D eigenvalue weighted by atomic mass is 127. The average Bonchev–Trinajstić information content (AvgIpc) is 2.33. The molecule has 1 aromatic carbocycles. The molecule has 0 aliphatic rings. The maximum atomic E-state index is 11.6. The fourth-order valence-corrected chi connectivity index (χ4v) is 2.39. The van der Waals surface area contributed by atoms with Gasteiger partial charge in [-0.2, -0.15) is 0 Å². The second-order valence-corrected chi connectivity index (χ2v) is 5.41. The average molecular weight is 369 g/mol. The molecule has 0 radical (unpaired) electrons. The Morgan fingerprint density at radius 2 is 2.00 bits per heavy atom. The van der Waals surface area contributed by atoms with Crippen molar-refractivity contribution in [1.29, 1.82) is 0 Å². The van der Waals surface area contributed by atoms with Crippen molar-refractivity contribution < 1.29 is 9.90 Å². The molecule has 0 amide bonds. The quantitative estimate of drug-likeness (QED) is 0.829. The van der Waals surface area contributed by atoms with Gasteiger partial charge in [0.05, 0.1) is 0 Å². The molecule has 2 rings (SSSR count). The van der Waals surface area contributed by atoms with Gasteiger partial charge >= 0.3 is 5.97 Å². The van der Waals surface area contributed by atoms with E-state index >= 15 is 0 Å². The van der Waals surface area contributed by atoms with Crippen LogP contribution in [0.2, 0.25) is 0 Å². The summed E-state index contributed by atoms with van der Waals surface area (Å²) < 4.78 is 2.83. The first-order valence-electron chi connectivity index (χ1n) is 5.64. The number of aromatic nitrogens is 1. The zero-order valence-electron chi connectivity index (χ0n) is 10.5. The molecular weight excluding hydrogens is 357 g/mol. The van der Waals surface area contributed by atoms with Gasteiger partial charge in [-0.3, -0.25) is 4.79 Å². The van der Waals surface area contributed by atoms with Crippen LogP contribution in [0.5, 0.6) is 0 Å². The molecule has 0 atom stereocenters. The normalized spacial score (nSPS) is 10.5. The van der Waals surface area contributed by atoms with Gasteiger partial charge in [-0.15, -0.1) is 0 Å². The summed E-state index contributed by atoms with van der Waals surface area (Å²) in [5.41, 5.74) is 1.95. The van der Waals surface area contributed by atoms with Gasteiger partial charge < -0.3 is 9.67 Å². The molecule has 1 aromatic heterocycles. The van der Waals surface area contributed by atoms with Crippen LogP contribution in [-0.4, -0.2) is 15.6 Å². The predicted octanol–water partition coefficient (Wildman–Crippen LogP) is 2.76. The number of carboxylic acids is 1. The molecule has 2 aromatic rings. The fourth-order valence-electron chi connectivity index (χ4n) is 1.91. The first-order chi connectivity index (χ1) is 8.91. The maximum Gasteiger partial charge on any atom is 0.341 e. The van der Waals surface area contributed by atoms with Gasteiger partial charge in [0.1, 0.15) is 5.56 Å². The molecular formula is C14H12INO3. The molecule has 0 aliphatic carbocycles. The summed E-state index contributed by atoms with van der Waals surface area (Å²) in [6.45, 7) is 3.75. The van der Waals surface area contributed by atoms with E-state index in [0.29, 0.717) is 5.69 Å². The number of aryl methyl sites for hydroxylation is 1. The van der Waals surface area contributed by atoms with Crippen molar-refractivity contribution in [2.45, 2.75) is 13.8 Å². The number of aromatic carboxylic acids is 1. The molecule has 0 aliphatic heterocycles. The van der Waals surface area contributed by atoms with E-state index in [4.69, 9.17) is 5.11 Å². The molecule has 0 saturated carbocycles. The second kappa shape index (κ2) is 5.16. The van der Waals surface area contributed by atoms with Crippen LogP contribution in [0.15, 0.2) is 35.3 Å². The van der Waals surface area contributed by atoms with Gasteiger partial charge in [-0.25, -0.2) is 4.79 Å². The lowest BCUT2D eigenvalue weighted by Crippen LogP contribution is -2.18. The summed E-state index contributed by atoms with van der Waals surface area (Å²) in [5, 5.41) is 9.04. The van der Waals surface area contributed by atoms with Gasteiger partial charge in [0.25, 0.3) is 0 Å². The molecule has 5 heteroatoms. The molecule has 0 spiro atoms. The van der Waals surface area contributed by atoms with Crippen molar-refractivity contribution in [2.75, 3.05) is 0 Å². The van der Waals surface area contributed by atoms with Crippen molar-refractivity contribution in [1.82, 2.24) is 4.57 Å². The van der Waals surface area contributed by atoms with E-state index in [1.807, 2.05) is 25.1 Å². The van der Waals surface area contributed by atoms with Crippen molar-refractivity contribution in [3.63, 3.8) is 0 Å². The van der Waals surface area contributed by atoms with E-state index in [-0.39, 0.29) is 5.56 Å². The first kappa shape index (κ1) is 13.8. The minimum atomic E-state index is -1.21. The summed E-state index contributed by atoms with van der Waals surface area (Å²) >= 11 is 2.23. The zero-order valence-corrected chi connectivity index (χ0v) is 12.6. The monoisotopic (exact) mass is 369 g/mol. The molecule has 0 bridgehead atoms. The topological polar surface area (TPSA) is 59.3 Å². The van der Waals surface area contributed by atoms with Gasteiger partial charge in [0.2, 0.25) is 0 Å². The van der Waals surface area contributed by atoms with E-state index in [9.17, 15) is 9.59 Å². The number of pyridine rings is 1. The maximum absolute atomic E-state index is 11.6. The summed E-state index contributed by atoms with van der Waals surface area (Å²) in [4.78, 5) is 22.7. The zero-order chi connectivity index (χ0) is 14.2. The number of benzene rings is 1. The first-order valence-corrected chi connectivity index (χ1v) is 6.72. The Morgan fingerprint density at radius 1 is 1.32 bits per heavy atom. The van der Waals surface area contributed by atoms with Gasteiger partial charge in [-0.1, -0.05) is 6.07 Å². The number of nitrogens with zero attached hydrogens (tertiary/aromatic N) is 1. The van der Waals surface area contributed by atoms with Crippen molar-refractivity contribution in [3.8, 4) is 5.69 Å². The largest absolute Gasteiger partial charge is 0.477 e. The number of carboxylic acid groups (broad SMARTS) is 1. The highest BCUT2D eigenvalue weighted by Gasteiger charge is 2.13. The Bertz CT molecular complexity index is 719. The van der Waals surface area contributed by atoms with Crippen LogP contribution >= 0.6 is 22.6 Å². The van der Waals surface area contributed by atoms with Crippen molar-refractivity contribution >= 4 is 28.6 Å². The minimum absolute atomic E-state index is 0.219. The number of hydrogen-bond donors (Lipinski definition) is 1. The van der Waals surface area contributed by atoms with E-state index in [1.165, 1.54) is 12.3 Å². The molecule has 1 N–H and O–H groups in total. The summed E-state index contributed by atoms with van der Waals surface area (Å²) in [6, 6.07) is 7.14. The van der Waals surface area contributed by atoms with Crippen LogP contribution in [0.3, 0.4) is 0 Å². The summed E-state index contributed by atoms with van der Waals surface area (Å²) in [7, 11) is 0. The van der Waals surface area contributed by atoms with Gasteiger partial charge in [0, 0.05) is 27.2 Å². The number of halogens is 1. The number of rotatable bonds is 2. The molecule has 0 saturated heterocycles. The minimum Gasteiger partial charge on any atom is -0.477 e. The molecule has 19 heavy (non-hydrogen) atoms. The number of hydrogen-bond acceptors (Lipinski definition) is 2. The Hall–Kier alpha value is -1.63. The van der Waals surface area contributed by atoms with Crippen LogP contribution < -0.4 is 5.43 Å². The Balaban J connectivity index is 2.76. The van der Waals surface area contributed by atoms with Crippen LogP contribution in [-0.2, 0) is 0 Å². The number of carbonyl (C=O) groups is 1. The highest BCUT2D eigenvalue weighted by Crippen LogP contribution is 2.20. The molecule has 0 fully saturated rings. The second-order valence-electron chi connectivity index (χ2n) is 4.25. The highest BCUT2D eigenvalue weighted by molar-refractivity contribution is 14.1. The van der Waals surface area contributed by atoms with E-state index in [1.54, 1.807) is 11.5 Å². The Labute approximate surface area is 123 Å². The Kier molecular flexibility index (Phi) is 3.75. The van der Waals surface area contributed by atoms with Crippen molar-refractivity contribution in [2.24, 2.45) is 0 Å².